The van der Waals surface area contributed by atoms with Gasteiger partial charge in [0.1, 0.15) is 5.15 Å². The molecule has 1 N–H and O–H groups in total. The number of nitrogens with zero attached hydrogens (tertiary/aromatic N) is 1. The van der Waals surface area contributed by atoms with Crippen LogP contribution in [-0.4, -0.2) is 13.4 Å². The molecule has 0 saturated carbocycles. The average molecular weight is 372 g/mol. The van der Waals surface area contributed by atoms with Gasteiger partial charge in [-0.15, -0.1) is 0 Å². The van der Waals surface area contributed by atoms with Crippen LogP contribution in [-0.2, 0) is 10.0 Å². The number of hydrogen-bond acceptors (Lipinski definition) is 3. The van der Waals surface area contributed by atoms with Crippen LogP contribution in [0.5, 0.6) is 0 Å². The number of rotatable bonds is 3. The molecule has 0 unspecified atom stereocenters. The Morgan fingerprint density at radius 3 is 2.25 bits per heavy atom. The molecule has 0 radical (unpaired) electrons. The number of anilines is 1. The minimum absolute atomic E-state index is 0.0420. The summed E-state index contributed by atoms with van der Waals surface area (Å²) >= 11 is 23.2. The molecule has 0 aliphatic rings. The second-order valence-electron chi connectivity index (χ2n) is 3.67. The first-order valence-electron chi connectivity index (χ1n) is 5.08. The predicted molar refractivity (Wildman–Crippen MR) is 81.5 cm³/mol. The Morgan fingerprint density at radius 2 is 1.60 bits per heavy atom. The highest BCUT2D eigenvalue weighted by atomic mass is 35.5. The summed E-state index contributed by atoms with van der Waals surface area (Å²) in [6.45, 7) is 0. The molecule has 0 aliphatic heterocycles. The van der Waals surface area contributed by atoms with Crippen molar-refractivity contribution in [2.75, 3.05) is 4.72 Å². The third kappa shape index (κ3) is 3.48. The molecular weight excluding hydrogens is 366 g/mol. The quantitative estimate of drug-likeness (QED) is 0.638. The zero-order valence-electron chi connectivity index (χ0n) is 9.57. The van der Waals surface area contributed by atoms with Crippen molar-refractivity contribution in [2.24, 2.45) is 0 Å². The maximum atomic E-state index is 12.2. The fourth-order valence-corrected chi connectivity index (χ4v) is 3.33. The molecule has 1 heterocycles. The molecular formula is C11H6Cl4N2O2S. The van der Waals surface area contributed by atoms with Gasteiger partial charge >= 0.3 is 0 Å². The van der Waals surface area contributed by atoms with E-state index in [1.54, 1.807) is 0 Å². The highest BCUT2D eigenvalue weighted by Crippen LogP contribution is 2.33. The van der Waals surface area contributed by atoms with Crippen molar-refractivity contribution < 1.29 is 8.42 Å². The minimum atomic E-state index is -3.85. The third-order valence-corrected chi connectivity index (χ3v) is 4.87. The second-order valence-corrected chi connectivity index (χ2v) is 6.96. The molecule has 0 bridgehead atoms. The second kappa shape index (κ2) is 5.95. The zero-order chi connectivity index (χ0) is 14.9. The minimum Gasteiger partial charge on any atom is -0.278 e. The van der Waals surface area contributed by atoms with Crippen LogP contribution in [0.4, 0.5) is 5.69 Å². The van der Waals surface area contributed by atoms with Gasteiger partial charge in [0.2, 0.25) is 0 Å². The number of aromatic nitrogens is 1. The molecule has 0 saturated heterocycles. The zero-order valence-corrected chi connectivity index (χ0v) is 13.4. The molecule has 1 aromatic heterocycles. The Bertz CT molecular complexity index is 765. The SMILES string of the molecule is O=S(=O)(Nc1cc(Cl)c(Cl)cc1Cl)c1ccnc(Cl)c1. The normalized spacial score (nSPS) is 11.4. The molecule has 2 aromatic rings. The summed E-state index contributed by atoms with van der Waals surface area (Å²) in [5.74, 6) is 0. The molecule has 106 valence electrons. The molecule has 4 nitrogen and oxygen atoms in total. The van der Waals surface area contributed by atoms with E-state index in [1.165, 1.54) is 30.5 Å². The van der Waals surface area contributed by atoms with Gasteiger partial charge in [-0.3, -0.25) is 4.72 Å². The fourth-order valence-electron chi connectivity index (χ4n) is 1.36. The van der Waals surface area contributed by atoms with Gasteiger partial charge in [0.15, 0.2) is 0 Å². The van der Waals surface area contributed by atoms with E-state index >= 15 is 0 Å². The Kier molecular flexibility index (Phi) is 4.66. The van der Waals surface area contributed by atoms with Gasteiger partial charge in [-0.25, -0.2) is 13.4 Å². The van der Waals surface area contributed by atoms with Gasteiger partial charge in [-0.2, -0.15) is 0 Å². The predicted octanol–water partition coefficient (Wildman–Crippen LogP) is 4.50. The van der Waals surface area contributed by atoms with E-state index in [0.717, 1.165) is 0 Å². The summed E-state index contributed by atoms with van der Waals surface area (Å²) < 4.78 is 26.6. The van der Waals surface area contributed by atoms with Crippen LogP contribution in [0.3, 0.4) is 0 Å². The van der Waals surface area contributed by atoms with E-state index in [1.807, 2.05) is 0 Å². The van der Waals surface area contributed by atoms with Crippen LogP contribution in [0.15, 0.2) is 35.4 Å². The number of nitrogens with one attached hydrogen (secondary N) is 1. The van der Waals surface area contributed by atoms with Crippen molar-refractivity contribution in [3.63, 3.8) is 0 Å². The Morgan fingerprint density at radius 1 is 0.950 bits per heavy atom. The summed E-state index contributed by atoms with van der Waals surface area (Å²) in [6, 6.07) is 5.20. The number of sulfonamides is 1. The van der Waals surface area contributed by atoms with Gasteiger partial charge in [-0.05, 0) is 24.3 Å². The van der Waals surface area contributed by atoms with Crippen molar-refractivity contribution in [1.82, 2.24) is 4.98 Å². The molecule has 1 aromatic carbocycles. The van der Waals surface area contributed by atoms with Gasteiger partial charge in [0.25, 0.3) is 10.0 Å². The number of hydrogen-bond donors (Lipinski definition) is 1. The third-order valence-electron chi connectivity index (χ3n) is 2.26. The maximum Gasteiger partial charge on any atom is 0.262 e. The van der Waals surface area contributed by atoms with E-state index in [0.29, 0.717) is 0 Å². The average Bonchev–Trinajstić information content (AvgIpc) is 2.36. The van der Waals surface area contributed by atoms with Gasteiger partial charge in [0.05, 0.1) is 25.7 Å². The monoisotopic (exact) mass is 370 g/mol. The van der Waals surface area contributed by atoms with Crippen LogP contribution in [0.1, 0.15) is 0 Å². The van der Waals surface area contributed by atoms with E-state index in [2.05, 4.69) is 9.71 Å². The van der Waals surface area contributed by atoms with Gasteiger partial charge < -0.3 is 0 Å². The first kappa shape index (κ1) is 15.7. The summed E-state index contributed by atoms with van der Waals surface area (Å²) in [5, 5.41) is 0.601. The van der Waals surface area contributed by atoms with E-state index < -0.39 is 10.0 Å². The highest BCUT2D eigenvalue weighted by molar-refractivity contribution is 7.92. The van der Waals surface area contributed by atoms with E-state index in [9.17, 15) is 8.42 Å². The fraction of sp³-hybridized carbons (Fsp3) is 0. The molecule has 0 amide bonds. The van der Waals surface area contributed by atoms with Crippen molar-refractivity contribution >= 4 is 62.1 Å². The Labute approximate surface area is 135 Å². The van der Waals surface area contributed by atoms with Crippen molar-refractivity contribution in [1.29, 1.82) is 0 Å². The standard InChI is InChI=1S/C11H6Cl4N2O2S/c12-7-4-9(14)10(5-8(7)13)17-20(18,19)6-1-2-16-11(15)3-6/h1-5,17H. The van der Waals surface area contributed by atoms with Crippen molar-refractivity contribution in [2.45, 2.75) is 4.90 Å². The highest BCUT2D eigenvalue weighted by Gasteiger charge is 2.17. The molecule has 9 heteroatoms. The number of pyridine rings is 1. The summed E-state index contributed by atoms with van der Waals surface area (Å²) in [7, 11) is -3.85. The summed E-state index contributed by atoms with van der Waals surface area (Å²) in [4.78, 5) is 3.67. The molecule has 20 heavy (non-hydrogen) atoms. The van der Waals surface area contributed by atoms with Gasteiger partial charge in [-0.1, -0.05) is 46.4 Å². The van der Waals surface area contributed by atoms with E-state index in [4.69, 9.17) is 46.4 Å². The van der Waals surface area contributed by atoms with Crippen LogP contribution in [0, 0.1) is 0 Å². The van der Waals surface area contributed by atoms with Crippen molar-refractivity contribution in [3.05, 3.63) is 50.7 Å². The van der Waals surface area contributed by atoms with Crippen LogP contribution >= 0.6 is 46.4 Å². The lowest BCUT2D eigenvalue weighted by molar-refractivity contribution is 0.601. The van der Waals surface area contributed by atoms with Crippen LogP contribution in [0.2, 0.25) is 20.2 Å². The first-order valence-corrected chi connectivity index (χ1v) is 8.08. The smallest absolute Gasteiger partial charge is 0.262 e. The molecule has 2 rings (SSSR count). The summed E-state index contributed by atoms with van der Waals surface area (Å²) in [6.07, 6.45) is 1.29. The Balaban J connectivity index is 2.41. The largest absolute Gasteiger partial charge is 0.278 e. The lowest BCUT2D eigenvalue weighted by Gasteiger charge is -2.10. The van der Waals surface area contributed by atoms with Crippen LogP contribution < -0.4 is 4.72 Å². The van der Waals surface area contributed by atoms with E-state index in [-0.39, 0.29) is 30.8 Å². The molecule has 0 aliphatic carbocycles. The Hall–Kier alpha value is -0.720. The lowest BCUT2D eigenvalue weighted by Crippen LogP contribution is -2.13. The maximum absolute atomic E-state index is 12.2. The molecule has 0 spiro atoms. The molecule has 0 atom stereocenters. The van der Waals surface area contributed by atoms with Crippen molar-refractivity contribution in [3.8, 4) is 0 Å². The van der Waals surface area contributed by atoms with Gasteiger partial charge in [0, 0.05) is 6.20 Å². The number of halogens is 4. The first-order chi connectivity index (χ1) is 9.29. The topological polar surface area (TPSA) is 59.1 Å². The lowest BCUT2D eigenvalue weighted by atomic mass is 10.3. The molecule has 0 fully saturated rings. The summed E-state index contributed by atoms with van der Waals surface area (Å²) in [5.41, 5.74) is 0.119. The number of benzene rings is 1. The van der Waals surface area contributed by atoms with Crippen LogP contribution in [0.25, 0.3) is 0 Å².